The zero-order valence-electron chi connectivity index (χ0n) is 11.0. The molecule has 1 aliphatic heterocycles. The summed E-state index contributed by atoms with van der Waals surface area (Å²) in [6.07, 6.45) is 3.11. The molecule has 5 nitrogen and oxygen atoms in total. The largest absolute Gasteiger partial charge is 0.504 e. The second-order valence-electron chi connectivity index (χ2n) is 3.79. The topological polar surface area (TPSA) is 49.5 Å². The van der Waals surface area contributed by atoms with E-state index in [-0.39, 0.29) is 6.10 Å². The summed E-state index contributed by atoms with van der Waals surface area (Å²) in [5.41, 5.74) is 0. The number of epoxide rings is 1. The molecule has 0 N–H and O–H groups in total. The van der Waals surface area contributed by atoms with Gasteiger partial charge in [0.25, 0.3) is 0 Å². The number of rotatable bonds is 9. The Hall–Kier alpha value is -0.403. The molecular formula is C11H22O5Si. The van der Waals surface area contributed by atoms with Crippen LogP contribution < -0.4 is 0 Å². The number of hydrogen-bond acceptors (Lipinski definition) is 5. The number of hydrogen-bond donors (Lipinski definition) is 0. The van der Waals surface area contributed by atoms with Gasteiger partial charge in [-0.2, -0.15) is 0 Å². The fourth-order valence-corrected chi connectivity index (χ4v) is 2.89. The highest BCUT2D eigenvalue weighted by Gasteiger charge is 2.36. The van der Waals surface area contributed by atoms with Crippen LogP contribution in [0.2, 0.25) is 6.04 Å². The van der Waals surface area contributed by atoms with Crippen LogP contribution >= 0.6 is 0 Å². The second kappa shape index (κ2) is 7.12. The van der Waals surface area contributed by atoms with Gasteiger partial charge in [-0.1, -0.05) is 6.92 Å². The van der Waals surface area contributed by atoms with Crippen LogP contribution in [-0.2, 0) is 22.8 Å². The first-order chi connectivity index (χ1) is 8.19. The first kappa shape index (κ1) is 14.7. The summed E-state index contributed by atoms with van der Waals surface area (Å²) in [5, 5.41) is 0. The molecular weight excluding hydrogens is 240 g/mol. The molecule has 0 radical (unpaired) electrons. The summed E-state index contributed by atoms with van der Waals surface area (Å²) in [4.78, 5) is 0. The van der Waals surface area contributed by atoms with Crippen molar-refractivity contribution in [1.29, 1.82) is 0 Å². The second-order valence-corrected chi connectivity index (χ2v) is 6.79. The Kier molecular flexibility index (Phi) is 6.14. The molecule has 0 aromatic heterocycles. The summed E-state index contributed by atoms with van der Waals surface area (Å²) >= 11 is 0. The van der Waals surface area contributed by atoms with E-state index in [0.29, 0.717) is 12.7 Å². The average Bonchev–Trinajstić information content (AvgIpc) is 3.19. The molecule has 100 valence electrons. The third-order valence-electron chi connectivity index (χ3n) is 2.72. The van der Waals surface area contributed by atoms with E-state index in [0.717, 1.165) is 18.8 Å². The first-order valence-corrected chi connectivity index (χ1v) is 7.71. The van der Waals surface area contributed by atoms with Gasteiger partial charge in [0, 0.05) is 33.8 Å². The van der Waals surface area contributed by atoms with Crippen molar-refractivity contribution in [3.63, 3.8) is 0 Å². The van der Waals surface area contributed by atoms with Crippen molar-refractivity contribution in [2.45, 2.75) is 25.5 Å². The van der Waals surface area contributed by atoms with Crippen LogP contribution in [0.3, 0.4) is 0 Å². The van der Waals surface area contributed by atoms with Crippen LogP contribution in [-0.4, -0.2) is 49.5 Å². The predicted molar refractivity (Wildman–Crippen MR) is 65.7 cm³/mol. The summed E-state index contributed by atoms with van der Waals surface area (Å²) in [6.45, 7) is 3.49. The van der Waals surface area contributed by atoms with Crippen molar-refractivity contribution < 1.29 is 22.8 Å². The van der Waals surface area contributed by atoms with E-state index in [4.69, 9.17) is 22.8 Å². The van der Waals surface area contributed by atoms with Gasteiger partial charge in [-0.3, -0.25) is 0 Å². The minimum Gasteiger partial charge on any atom is -0.495 e. The highest BCUT2D eigenvalue weighted by Crippen LogP contribution is 2.18. The van der Waals surface area contributed by atoms with Crippen LogP contribution in [0.1, 0.15) is 13.3 Å². The van der Waals surface area contributed by atoms with Gasteiger partial charge in [0.15, 0.2) is 0 Å². The molecule has 1 rings (SSSR count). The Balaban J connectivity index is 2.44. The zero-order chi connectivity index (χ0) is 12.7. The van der Waals surface area contributed by atoms with Crippen molar-refractivity contribution >= 4 is 8.80 Å². The Labute approximate surface area is 104 Å². The third-order valence-corrected chi connectivity index (χ3v) is 5.29. The van der Waals surface area contributed by atoms with E-state index in [2.05, 4.69) is 6.92 Å². The lowest BCUT2D eigenvalue weighted by atomic mass is 10.3. The molecule has 1 unspecified atom stereocenters. The molecule has 0 aromatic rings. The highest BCUT2D eigenvalue weighted by atomic mass is 28.4. The first-order valence-electron chi connectivity index (χ1n) is 5.78. The van der Waals surface area contributed by atoms with Gasteiger partial charge >= 0.3 is 8.80 Å². The van der Waals surface area contributed by atoms with E-state index < -0.39 is 8.80 Å². The fraction of sp³-hybridized carbons (Fsp3) is 0.818. The van der Waals surface area contributed by atoms with Crippen LogP contribution in [0.25, 0.3) is 0 Å². The Bertz CT molecular complexity index is 240. The van der Waals surface area contributed by atoms with Crippen LogP contribution in [0.15, 0.2) is 11.8 Å². The summed E-state index contributed by atoms with van der Waals surface area (Å²) in [6, 6.07) is 0.616. The maximum absolute atomic E-state index is 5.64. The van der Waals surface area contributed by atoms with Gasteiger partial charge in [-0.25, -0.2) is 0 Å². The van der Waals surface area contributed by atoms with Gasteiger partial charge in [-0.15, -0.1) is 0 Å². The normalized spacial score (nSPS) is 20.5. The third kappa shape index (κ3) is 4.77. The van der Waals surface area contributed by atoms with Crippen LogP contribution in [0, 0.1) is 0 Å². The molecule has 0 saturated carbocycles. The summed E-state index contributed by atoms with van der Waals surface area (Å²) in [7, 11) is 2.30. The molecule has 0 aromatic carbocycles. The van der Waals surface area contributed by atoms with E-state index >= 15 is 0 Å². The molecule has 1 atom stereocenters. The predicted octanol–water partition coefficient (Wildman–Crippen LogP) is 1.57. The van der Waals surface area contributed by atoms with E-state index in [1.807, 2.05) is 6.08 Å². The Morgan fingerprint density at radius 1 is 1.29 bits per heavy atom. The molecule has 0 spiro atoms. The molecule has 0 amide bonds. The van der Waals surface area contributed by atoms with Gasteiger partial charge in [0.05, 0.1) is 12.4 Å². The van der Waals surface area contributed by atoms with Crippen molar-refractivity contribution in [2.24, 2.45) is 0 Å². The van der Waals surface area contributed by atoms with Crippen molar-refractivity contribution in [2.75, 3.05) is 34.5 Å². The minimum atomic E-state index is -2.52. The van der Waals surface area contributed by atoms with E-state index in [1.165, 1.54) is 0 Å². The molecule has 1 heterocycles. The van der Waals surface area contributed by atoms with Gasteiger partial charge in [0.1, 0.15) is 12.7 Å². The fourth-order valence-electron chi connectivity index (χ4n) is 1.41. The van der Waals surface area contributed by atoms with Gasteiger partial charge in [-0.05, 0) is 6.08 Å². The van der Waals surface area contributed by atoms with Crippen molar-refractivity contribution in [3.8, 4) is 0 Å². The molecule has 6 heteroatoms. The van der Waals surface area contributed by atoms with Crippen molar-refractivity contribution in [1.82, 2.24) is 0 Å². The van der Waals surface area contributed by atoms with E-state index in [9.17, 15) is 0 Å². The number of allylic oxidation sites excluding steroid dienone is 2. The van der Waals surface area contributed by atoms with Crippen LogP contribution in [0.5, 0.6) is 0 Å². The molecule has 1 saturated heterocycles. The Morgan fingerprint density at radius 2 is 1.88 bits per heavy atom. The lowest BCUT2D eigenvalue weighted by Crippen LogP contribution is -2.42. The highest BCUT2D eigenvalue weighted by molar-refractivity contribution is 6.61. The molecule has 17 heavy (non-hydrogen) atoms. The maximum atomic E-state index is 5.64. The lowest BCUT2D eigenvalue weighted by molar-refractivity contribution is 0.126. The standard InChI is InChI=1S/C11H22O5Si/c1-5-10(15-8-11-9-16-11)6-7-17(12-2,13-3)14-4/h6,11H,5,7-9H2,1-4H3/b10-6+. The molecule has 1 aliphatic rings. The van der Waals surface area contributed by atoms with Crippen molar-refractivity contribution in [3.05, 3.63) is 11.8 Å². The quantitative estimate of drug-likeness (QED) is 0.359. The SMILES string of the molecule is CC/C(=C\C[Si](OC)(OC)OC)OCC1CO1. The molecule has 0 aliphatic carbocycles. The summed E-state index contributed by atoms with van der Waals surface area (Å²) in [5.74, 6) is 0.934. The Morgan fingerprint density at radius 3 is 2.29 bits per heavy atom. The molecule has 1 fully saturated rings. The van der Waals surface area contributed by atoms with E-state index in [1.54, 1.807) is 21.3 Å². The smallest absolute Gasteiger partial charge is 0.495 e. The number of ether oxygens (including phenoxy) is 2. The van der Waals surface area contributed by atoms with Crippen LogP contribution in [0.4, 0.5) is 0 Å². The monoisotopic (exact) mass is 262 g/mol. The lowest BCUT2D eigenvalue weighted by Gasteiger charge is -2.23. The minimum absolute atomic E-state index is 0.277. The maximum Gasteiger partial charge on any atom is 0.504 e. The summed E-state index contributed by atoms with van der Waals surface area (Å²) < 4.78 is 26.7. The zero-order valence-corrected chi connectivity index (χ0v) is 12.0. The van der Waals surface area contributed by atoms with Gasteiger partial charge in [0.2, 0.25) is 0 Å². The average molecular weight is 262 g/mol. The van der Waals surface area contributed by atoms with Gasteiger partial charge < -0.3 is 22.8 Å². The molecule has 0 bridgehead atoms.